The molecule has 94 valence electrons. The lowest BCUT2D eigenvalue weighted by Gasteiger charge is -2.10. The van der Waals surface area contributed by atoms with Crippen LogP contribution in [0.25, 0.3) is 10.8 Å². The first-order valence-electron chi connectivity index (χ1n) is 6.27. The Bertz CT molecular complexity index is 518. The molecule has 0 aliphatic carbocycles. The lowest BCUT2D eigenvalue weighted by molar-refractivity contribution is -0.0531. The van der Waals surface area contributed by atoms with E-state index in [0.29, 0.717) is 19.8 Å². The maximum atomic E-state index is 5.72. The molecule has 2 aromatic carbocycles. The van der Waals surface area contributed by atoms with E-state index in [1.165, 1.54) is 10.8 Å². The van der Waals surface area contributed by atoms with Gasteiger partial charge in [0.05, 0.1) is 19.8 Å². The first-order valence-corrected chi connectivity index (χ1v) is 6.27. The number of hydrogen-bond donors (Lipinski definition) is 0. The fourth-order valence-corrected chi connectivity index (χ4v) is 2.10. The summed E-state index contributed by atoms with van der Waals surface area (Å²) in [5, 5.41) is 2.43. The summed E-state index contributed by atoms with van der Waals surface area (Å²) < 4.78 is 16.4. The topological polar surface area (TPSA) is 27.7 Å². The Morgan fingerprint density at radius 3 is 2.61 bits per heavy atom. The largest absolute Gasteiger partial charge is 0.493 e. The van der Waals surface area contributed by atoms with Crippen LogP contribution >= 0.6 is 0 Å². The van der Waals surface area contributed by atoms with Crippen molar-refractivity contribution >= 4 is 10.8 Å². The third-order valence-corrected chi connectivity index (χ3v) is 3.03. The molecule has 1 heterocycles. The van der Waals surface area contributed by atoms with Crippen LogP contribution in [-0.2, 0) is 9.47 Å². The van der Waals surface area contributed by atoms with Crippen LogP contribution in [0.2, 0.25) is 0 Å². The van der Waals surface area contributed by atoms with Gasteiger partial charge in [-0.25, -0.2) is 0 Å². The van der Waals surface area contributed by atoms with Crippen molar-refractivity contribution < 1.29 is 14.2 Å². The van der Waals surface area contributed by atoms with Gasteiger partial charge in [-0.3, -0.25) is 0 Å². The van der Waals surface area contributed by atoms with E-state index in [9.17, 15) is 0 Å². The van der Waals surface area contributed by atoms with Crippen molar-refractivity contribution in [2.45, 2.75) is 12.7 Å². The van der Waals surface area contributed by atoms with Gasteiger partial charge in [-0.1, -0.05) is 30.3 Å². The van der Waals surface area contributed by atoms with Crippen molar-refractivity contribution in [2.24, 2.45) is 0 Å². The summed E-state index contributed by atoms with van der Waals surface area (Å²) in [6, 6.07) is 14.4. The molecule has 3 rings (SSSR count). The monoisotopic (exact) mass is 244 g/mol. The third-order valence-electron chi connectivity index (χ3n) is 3.03. The van der Waals surface area contributed by atoms with E-state index in [1.54, 1.807) is 0 Å². The molecule has 1 aliphatic rings. The van der Waals surface area contributed by atoms with E-state index in [4.69, 9.17) is 14.2 Å². The molecule has 2 aromatic rings. The highest BCUT2D eigenvalue weighted by Crippen LogP contribution is 2.21. The van der Waals surface area contributed by atoms with Crippen molar-refractivity contribution in [2.75, 3.05) is 19.8 Å². The SMILES string of the molecule is c1ccc2cc(OCCC3OCCO3)ccc2c1. The third kappa shape index (κ3) is 2.63. The summed E-state index contributed by atoms with van der Waals surface area (Å²) in [4.78, 5) is 0. The highest BCUT2D eigenvalue weighted by molar-refractivity contribution is 5.83. The molecule has 3 heteroatoms. The van der Waals surface area contributed by atoms with Gasteiger partial charge in [-0.2, -0.15) is 0 Å². The molecule has 0 bridgehead atoms. The van der Waals surface area contributed by atoms with Gasteiger partial charge in [0.1, 0.15) is 5.75 Å². The zero-order valence-electron chi connectivity index (χ0n) is 10.2. The normalized spacial score (nSPS) is 16.2. The molecule has 0 aromatic heterocycles. The quantitative estimate of drug-likeness (QED) is 0.827. The fourth-order valence-electron chi connectivity index (χ4n) is 2.10. The molecule has 0 spiro atoms. The first kappa shape index (κ1) is 11.5. The minimum atomic E-state index is -0.0922. The molecule has 0 atom stereocenters. The van der Waals surface area contributed by atoms with Crippen LogP contribution in [0, 0.1) is 0 Å². The van der Waals surface area contributed by atoms with Gasteiger partial charge in [-0.15, -0.1) is 0 Å². The van der Waals surface area contributed by atoms with Crippen LogP contribution in [0.4, 0.5) is 0 Å². The van der Waals surface area contributed by atoms with Gasteiger partial charge in [0.15, 0.2) is 6.29 Å². The Labute approximate surface area is 106 Å². The van der Waals surface area contributed by atoms with E-state index >= 15 is 0 Å². The van der Waals surface area contributed by atoms with E-state index in [1.807, 2.05) is 18.2 Å². The number of benzene rings is 2. The molecule has 3 nitrogen and oxygen atoms in total. The molecular formula is C15H16O3. The predicted octanol–water partition coefficient (Wildman–Crippen LogP) is 2.98. The molecule has 0 saturated carbocycles. The number of hydrogen-bond acceptors (Lipinski definition) is 3. The van der Waals surface area contributed by atoms with Gasteiger partial charge in [0.2, 0.25) is 0 Å². The van der Waals surface area contributed by atoms with Crippen LogP contribution in [0.1, 0.15) is 6.42 Å². The zero-order chi connectivity index (χ0) is 12.2. The van der Waals surface area contributed by atoms with Crippen molar-refractivity contribution in [1.29, 1.82) is 0 Å². The van der Waals surface area contributed by atoms with Crippen molar-refractivity contribution in [1.82, 2.24) is 0 Å². The molecule has 0 amide bonds. The van der Waals surface area contributed by atoms with Crippen molar-refractivity contribution in [3.05, 3.63) is 42.5 Å². The van der Waals surface area contributed by atoms with E-state index in [2.05, 4.69) is 24.3 Å². The summed E-state index contributed by atoms with van der Waals surface area (Å²) in [5.74, 6) is 0.895. The molecule has 1 aliphatic heterocycles. The van der Waals surface area contributed by atoms with Crippen LogP contribution in [0.15, 0.2) is 42.5 Å². The number of ether oxygens (including phenoxy) is 3. The Kier molecular flexibility index (Phi) is 3.44. The molecule has 18 heavy (non-hydrogen) atoms. The van der Waals surface area contributed by atoms with Crippen LogP contribution < -0.4 is 4.74 Å². The second-order valence-corrected chi connectivity index (χ2v) is 4.32. The lowest BCUT2D eigenvalue weighted by atomic mass is 10.1. The first-order chi connectivity index (χ1) is 8.92. The Hall–Kier alpha value is -1.58. The highest BCUT2D eigenvalue weighted by Gasteiger charge is 2.15. The van der Waals surface area contributed by atoms with Crippen LogP contribution in [0.5, 0.6) is 5.75 Å². The summed E-state index contributed by atoms with van der Waals surface area (Å²) in [7, 11) is 0. The van der Waals surface area contributed by atoms with Gasteiger partial charge in [-0.05, 0) is 22.9 Å². The standard InChI is InChI=1S/C15H16O3/c1-2-4-13-11-14(6-5-12(13)3-1)16-8-7-15-17-9-10-18-15/h1-6,11,15H,7-10H2. The van der Waals surface area contributed by atoms with E-state index in [0.717, 1.165) is 12.2 Å². The average molecular weight is 244 g/mol. The van der Waals surface area contributed by atoms with Gasteiger partial charge in [0.25, 0.3) is 0 Å². The maximum Gasteiger partial charge on any atom is 0.161 e. The molecular weight excluding hydrogens is 228 g/mol. The zero-order valence-corrected chi connectivity index (χ0v) is 10.2. The van der Waals surface area contributed by atoms with Gasteiger partial charge >= 0.3 is 0 Å². The smallest absolute Gasteiger partial charge is 0.161 e. The summed E-state index contributed by atoms with van der Waals surface area (Å²) >= 11 is 0. The van der Waals surface area contributed by atoms with E-state index < -0.39 is 0 Å². The van der Waals surface area contributed by atoms with Crippen LogP contribution in [-0.4, -0.2) is 26.1 Å². The second kappa shape index (κ2) is 5.38. The molecule has 0 unspecified atom stereocenters. The minimum Gasteiger partial charge on any atom is -0.493 e. The number of fused-ring (bicyclic) bond motifs is 1. The second-order valence-electron chi connectivity index (χ2n) is 4.32. The highest BCUT2D eigenvalue weighted by atomic mass is 16.7. The summed E-state index contributed by atoms with van der Waals surface area (Å²) in [6.07, 6.45) is 0.678. The minimum absolute atomic E-state index is 0.0922. The molecule has 1 fully saturated rings. The van der Waals surface area contributed by atoms with Crippen LogP contribution in [0.3, 0.4) is 0 Å². The Morgan fingerprint density at radius 2 is 1.78 bits per heavy atom. The summed E-state index contributed by atoms with van der Waals surface area (Å²) in [5.41, 5.74) is 0. The number of rotatable bonds is 4. The maximum absolute atomic E-state index is 5.72. The van der Waals surface area contributed by atoms with Crippen molar-refractivity contribution in [3.8, 4) is 5.75 Å². The predicted molar refractivity (Wildman–Crippen MR) is 69.8 cm³/mol. The molecule has 1 saturated heterocycles. The van der Waals surface area contributed by atoms with Crippen molar-refractivity contribution in [3.63, 3.8) is 0 Å². The molecule has 0 N–H and O–H groups in total. The lowest BCUT2D eigenvalue weighted by Crippen LogP contribution is -2.12. The summed E-state index contributed by atoms with van der Waals surface area (Å²) in [6.45, 7) is 2.00. The average Bonchev–Trinajstić information content (AvgIpc) is 2.92. The van der Waals surface area contributed by atoms with E-state index in [-0.39, 0.29) is 6.29 Å². The molecule has 0 radical (unpaired) electrons. The van der Waals surface area contributed by atoms with Gasteiger partial charge in [0, 0.05) is 6.42 Å². The Morgan fingerprint density at radius 1 is 1.00 bits per heavy atom. The fraction of sp³-hybridized carbons (Fsp3) is 0.333. The van der Waals surface area contributed by atoms with Gasteiger partial charge < -0.3 is 14.2 Å². The Balaban J connectivity index is 1.60.